The molecule has 1 aromatic heterocycles. The first kappa shape index (κ1) is 17.8. The summed E-state index contributed by atoms with van der Waals surface area (Å²) in [4.78, 5) is 31.0. The van der Waals surface area contributed by atoms with Gasteiger partial charge in [0.2, 0.25) is 0 Å². The summed E-state index contributed by atoms with van der Waals surface area (Å²) < 4.78 is 0. The Hall–Kier alpha value is -2.60. The normalized spacial score (nSPS) is 22.2. The topological polar surface area (TPSA) is 76.6 Å². The molecule has 6 heteroatoms. The van der Waals surface area contributed by atoms with Crippen molar-refractivity contribution < 1.29 is 9.90 Å². The average molecular weight is 367 g/mol. The fourth-order valence-corrected chi connectivity index (χ4v) is 4.49. The number of carboxylic acids is 1. The minimum atomic E-state index is -1.20. The second-order valence-corrected chi connectivity index (χ2v) is 7.62. The highest BCUT2D eigenvalue weighted by Crippen LogP contribution is 2.34. The minimum Gasteiger partial charge on any atom is -0.477 e. The van der Waals surface area contributed by atoms with E-state index in [0.29, 0.717) is 18.2 Å². The number of aromatic carboxylic acids is 1. The van der Waals surface area contributed by atoms with Crippen LogP contribution in [-0.4, -0.2) is 53.7 Å². The summed E-state index contributed by atoms with van der Waals surface area (Å²) in [5, 5.41) is 9.16. The van der Waals surface area contributed by atoms with Crippen LogP contribution in [0.1, 0.15) is 29.3 Å². The van der Waals surface area contributed by atoms with Crippen molar-refractivity contribution in [2.75, 3.05) is 31.6 Å². The molecule has 0 bridgehead atoms. The van der Waals surface area contributed by atoms with E-state index in [0.717, 1.165) is 30.1 Å². The molecule has 2 aliphatic heterocycles. The van der Waals surface area contributed by atoms with Gasteiger partial charge in [0, 0.05) is 24.8 Å². The Kier molecular flexibility index (Phi) is 4.52. The molecule has 0 amide bonds. The first-order chi connectivity index (χ1) is 13.0. The van der Waals surface area contributed by atoms with Gasteiger partial charge in [0.25, 0.3) is 5.56 Å². The van der Waals surface area contributed by atoms with Gasteiger partial charge in [-0.25, -0.2) is 4.79 Å². The van der Waals surface area contributed by atoms with Crippen LogP contribution in [0.4, 0.5) is 5.69 Å². The summed E-state index contributed by atoms with van der Waals surface area (Å²) in [6.07, 6.45) is 1.92. The van der Waals surface area contributed by atoms with Crippen LogP contribution in [0.3, 0.4) is 0 Å². The van der Waals surface area contributed by atoms with Crippen molar-refractivity contribution in [3.05, 3.63) is 51.8 Å². The second kappa shape index (κ2) is 6.85. The lowest BCUT2D eigenvalue weighted by Crippen LogP contribution is -2.32. The van der Waals surface area contributed by atoms with Crippen molar-refractivity contribution in [2.45, 2.75) is 25.8 Å². The second-order valence-electron chi connectivity index (χ2n) is 7.62. The van der Waals surface area contributed by atoms with Gasteiger partial charge in [-0.1, -0.05) is 19.1 Å². The molecule has 6 nitrogen and oxygen atoms in total. The largest absolute Gasteiger partial charge is 0.477 e. The molecule has 2 fully saturated rings. The molecule has 27 heavy (non-hydrogen) atoms. The molecule has 0 spiro atoms. The van der Waals surface area contributed by atoms with Crippen LogP contribution in [0, 0.1) is 5.92 Å². The van der Waals surface area contributed by atoms with Gasteiger partial charge in [0.05, 0.1) is 5.69 Å². The highest BCUT2D eigenvalue weighted by molar-refractivity contribution is 5.88. The van der Waals surface area contributed by atoms with Crippen molar-refractivity contribution in [2.24, 2.45) is 5.92 Å². The molecular formula is C21H25N3O3. The van der Waals surface area contributed by atoms with Gasteiger partial charge in [-0.15, -0.1) is 0 Å². The predicted octanol–water partition coefficient (Wildman–Crippen LogP) is 2.44. The zero-order valence-electron chi connectivity index (χ0n) is 15.7. The van der Waals surface area contributed by atoms with E-state index in [1.807, 2.05) is 19.1 Å². The van der Waals surface area contributed by atoms with Crippen LogP contribution in [0.2, 0.25) is 0 Å². The molecule has 4 rings (SSSR count). The van der Waals surface area contributed by atoms with Crippen molar-refractivity contribution in [3.63, 3.8) is 0 Å². The number of hydrogen-bond acceptors (Lipinski definition) is 4. The summed E-state index contributed by atoms with van der Waals surface area (Å²) in [7, 11) is 2.21. The predicted molar refractivity (Wildman–Crippen MR) is 106 cm³/mol. The number of rotatable bonds is 4. The van der Waals surface area contributed by atoms with E-state index < -0.39 is 11.5 Å². The van der Waals surface area contributed by atoms with Crippen molar-refractivity contribution >= 4 is 11.7 Å². The number of aryl methyl sites for hydroxylation is 1. The SMILES string of the molecule is CCc1cc(C(=O)O)c(=O)[nH]c1-c1ccc(N2CC3CCN(C)C3C2)cc1. The molecule has 2 unspecified atom stereocenters. The minimum absolute atomic E-state index is 0.208. The Morgan fingerprint density at radius 2 is 2.00 bits per heavy atom. The lowest BCUT2D eigenvalue weighted by molar-refractivity contribution is 0.0695. The molecule has 0 saturated carbocycles. The molecule has 2 atom stereocenters. The number of nitrogens with zero attached hydrogens (tertiary/aromatic N) is 2. The number of likely N-dealkylation sites (N-methyl/N-ethyl adjacent to an activating group) is 1. The highest BCUT2D eigenvalue weighted by Gasteiger charge is 2.39. The van der Waals surface area contributed by atoms with Gasteiger partial charge in [-0.2, -0.15) is 0 Å². The standard InChI is InChI=1S/C21H25N3O3/c1-3-13-10-17(21(26)27)20(25)22-19(13)14-4-6-16(7-5-14)24-11-15-8-9-23(2)18(15)12-24/h4-7,10,15,18H,3,8-9,11-12H2,1-2H3,(H,22,25)(H,26,27). The summed E-state index contributed by atoms with van der Waals surface area (Å²) in [5.41, 5.74) is 2.87. The summed E-state index contributed by atoms with van der Waals surface area (Å²) in [6.45, 7) is 5.31. The Labute approximate surface area is 158 Å². The van der Waals surface area contributed by atoms with Crippen LogP contribution >= 0.6 is 0 Å². The molecule has 142 valence electrons. The van der Waals surface area contributed by atoms with Crippen LogP contribution in [0.5, 0.6) is 0 Å². The van der Waals surface area contributed by atoms with Crippen LogP contribution in [0.15, 0.2) is 35.1 Å². The van der Waals surface area contributed by atoms with E-state index in [-0.39, 0.29) is 5.56 Å². The summed E-state index contributed by atoms with van der Waals surface area (Å²) in [5.74, 6) is -0.446. The molecule has 2 aliphatic rings. The number of anilines is 1. The van der Waals surface area contributed by atoms with Gasteiger partial charge < -0.3 is 19.9 Å². The Bertz CT molecular complexity index is 919. The first-order valence-corrected chi connectivity index (χ1v) is 9.53. The zero-order valence-corrected chi connectivity index (χ0v) is 15.7. The number of likely N-dealkylation sites (tertiary alicyclic amines) is 1. The van der Waals surface area contributed by atoms with E-state index in [2.05, 4.69) is 34.0 Å². The fraction of sp³-hybridized carbons (Fsp3) is 0.429. The Morgan fingerprint density at radius 1 is 1.26 bits per heavy atom. The molecule has 2 saturated heterocycles. The quantitative estimate of drug-likeness (QED) is 0.868. The van der Waals surface area contributed by atoms with Crippen LogP contribution in [-0.2, 0) is 6.42 Å². The van der Waals surface area contributed by atoms with E-state index >= 15 is 0 Å². The van der Waals surface area contributed by atoms with E-state index in [9.17, 15) is 9.59 Å². The zero-order chi connectivity index (χ0) is 19.1. The maximum absolute atomic E-state index is 12.1. The van der Waals surface area contributed by atoms with Gasteiger partial charge in [-0.05, 0) is 61.7 Å². The third kappa shape index (κ3) is 3.14. The molecule has 3 heterocycles. The molecule has 0 aliphatic carbocycles. The summed E-state index contributed by atoms with van der Waals surface area (Å²) in [6, 6.07) is 10.4. The third-order valence-electron chi connectivity index (χ3n) is 6.08. The maximum Gasteiger partial charge on any atom is 0.341 e. The average Bonchev–Trinajstić information content (AvgIpc) is 3.23. The number of benzene rings is 1. The van der Waals surface area contributed by atoms with Crippen LogP contribution < -0.4 is 10.5 Å². The number of nitrogens with one attached hydrogen (secondary N) is 1. The van der Waals surface area contributed by atoms with Gasteiger partial charge >= 0.3 is 5.97 Å². The number of carboxylic acid groups (broad SMARTS) is 1. The Balaban J connectivity index is 1.61. The molecular weight excluding hydrogens is 342 g/mol. The lowest BCUT2D eigenvalue weighted by atomic mass is 10.0. The van der Waals surface area contributed by atoms with Gasteiger partial charge in [-0.3, -0.25) is 4.79 Å². The molecule has 2 aromatic rings. The van der Waals surface area contributed by atoms with E-state index in [4.69, 9.17) is 5.11 Å². The fourth-order valence-electron chi connectivity index (χ4n) is 4.49. The maximum atomic E-state index is 12.1. The number of pyridine rings is 1. The van der Waals surface area contributed by atoms with Crippen molar-refractivity contribution in [3.8, 4) is 11.3 Å². The lowest BCUT2D eigenvalue weighted by Gasteiger charge is -2.22. The Morgan fingerprint density at radius 3 is 2.63 bits per heavy atom. The smallest absolute Gasteiger partial charge is 0.341 e. The molecule has 0 radical (unpaired) electrons. The summed E-state index contributed by atoms with van der Waals surface area (Å²) >= 11 is 0. The first-order valence-electron chi connectivity index (χ1n) is 9.53. The molecule has 1 aromatic carbocycles. The van der Waals surface area contributed by atoms with Crippen molar-refractivity contribution in [1.29, 1.82) is 0 Å². The number of H-pyrrole nitrogens is 1. The number of hydrogen-bond donors (Lipinski definition) is 2. The van der Waals surface area contributed by atoms with Gasteiger partial charge in [0.1, 0.15) is 5.56 Å². The van der Waals surface area contributed by atoms with E-state index in [1.54, 1.807) is 0 Å². The number of carbonyl (C=O) groups is 1. The monoisotopic (exact) mass is 367 g/mol. The highest BCUT2D eigenvalue weighted by atomic mass is 16.4. The number of fused-ring (bicyclic) bond motifs is 1. The number of aromatic amines is 1. The van der Waals surface area contributed by atoms with Crippen molar-refractivity contribution in [1.82, 2.24) is 9.88 Å². The van der Waals surface area contributed by atoms with E-state index in [1.165, 1.54) is 24.7 Å². The van der Waals surface area contributed by atoms with Crippen LogP contribution in [0.25, 0.3) is 11.3 Å². The number of aromatic nitrogens is 1. The van der Waals surface area contributed by atoms with Gasteiger partial charge in [0.15, 0.2) is 0 Å². The third-order valence-corrected chi connectivity index (χ3v) is 6.08. The molecule has 2 N–H and O–H groups in total.